The van der Waals surface area contributed by atoms with E-state index in [1.165, 1.54) is 0 Å². The summed E-state index contributed by atoms with van der Waals surface area (Å²) in [6.07, 6.45) is 0. The number of nitrogen functional groups attached to an aromatic ring is 1. The van der Waals surface area contributed by atoms with Crippen molar-refractivity contribution in [2.75, 3.05) is 24.2 Å². The molecule has 0 amide bonds. The summed E-state index contributed by atoms with van der Waals surface area (Å²) in [4.78, 5) is 1.16. The summed E-state index contributed by atoms with van der Waals surface area (Å²) in [7, 11) is 0. The number of nitrogens with two attached hydrogens (primary N) is 1. The van der Waals surface area contributed by atoms with Crippen LogP contribution in [0.5, 0.6) is 0 Å². The molecule has 4 heteroatoms. The molecule has 16 heavy (non-hydrogen) atoms. The molecule has 2 aromatic rings. The Morgan fingerprint density at radius 1 is 1.31 bits per heavy atom. The van der Waals surface area contributed by atoms with E-state index >= 15 is 0 Å². The van der Waals surface area contributed by atoms with E-state index in [1.807, 2.05) is 35.7 Å². The van der Waals surface area contributed by atoms with Crippen molar-refractivity contribution >= 4 is 22.7 Å². The fourth-order valence-electron chi connectivity index (χ4n) is 1.51. The van der Waals surface area contributed by atoms with E-state index in [0.717, 1.165) is 21.8 Å². The van der Waals surface area contributed by atoms with Gasteiger partial charge >= 0.3 is 0 Å². The summed E-state index contributed by atoms with van der Waals surface area (Å²) in [5.41, 5.74) is 8.73. The van der Waals surface area contributed by atoms with Crippen molar-refractivity contribution in [3.63, 3.8) is 0 Å². The maximum atomic E-state index is 8.75. The van der Waals surface area contributed by atoms with Gasteiger partial charge in [0.2, 0.25) is 0 Å². The topological polar surface area (TPSA) is 58.3 Å². The fraction of sp³-hybridized carbons (Fsp3) is 0.167. The second kappa shape index (κ2) is 5.01. The third kappa shape index (κ3) is 2.35. The third-order valence-electron chi connectivity index (χ3n) is 2.28. The summed E-state index contributed by atoms with van der Waals surface area (Å²) in [5.74, 6) is 0. The molecule has 0 bridgehead atoms. The van der Waals surface area contributed by atoms with Gasteiger partial charge in [-0.25, -0.2) is 0 Å². The van der Waals surface area contributed by atoms with Gasteiger partial charge in [0.1, 0.15) is 0 Å². The largest absolute Gasteiger partial charge is 0.398 e. The standard InChI is InChI=1S/C12H14N2OS/c13-11-4-3-9(14-5-6-15)8-10(11)12-2-1-7-16-12/h1-4,7-8,14-15H,5-6,13H2. The number of benzene rings is 1. The first-order chi connectivity index (χ1) is 7.81. The number of anilines is 2. The molecule has 0 unspecified atom stereocenters. The van der Waals surface area contributed by atoms with E-state index < -0.39 is 0 Å². The average Bonchev–Trinajstić information content (AvgIpc) is 2.81. The Labute approximate surface area is 98.5 Å². The zero-order valence-electron chi connectivity index (χ0n) is 8.81. The lowest BCUT2D eigenvalue weighted by atomic mass is 10.1. The SMILES string of the molecule is Nc1ccc(NCCO)cc1-c1cccs1. The number of rotatable bonds is 4. The van der Waals surface area contributed by atoms with E-state index in [-0.39, 0.29) is 6.61 Å². The van der Waals surface area contributed by atoms with Crippen LogP contribution in [-0.4, -0.2) is 18.3 Å². The predicted molar refractivity (Wildman–Crippen MR) is 69.7 cm³/mol. The molecule has 0 aliphatic heterocycles. The molecule has 0 fully saturated rings. The highest BCUT2D eigenvalue weighted by Gasteiger charge is 2.04. The van der Waals surface area contributed by atoms with Gasteiger partial charge in [-0.1, -0.05) is 6.07 Å². The monoisotopic (exact) mass is 234 g/mol. The van der Waals surface area contributed by atoms with Crippen molar-refractivity contribution in [3.05, 3.63) is 35.7 Å². The maximum Gasteiger partial charge on any atom is 0.0604 e. The van der Waals surface area contributed by atoms with Crippen molar-refractivity contribution in [1.82, 2.24) is 0 Å². The molecular formula is C12H14N2OS. The first-order valence-electron chi connectivity index (χ1n) is 5.09. The zero-order valence-corrected chi connectivity index (χ0v) is 9.63. The molecule has 0 aliphatic carbocycles. The van der Waals surface area contributed by atoms with Crippen LogP contribution in [0.25, 0.3) is 10.4 Å². The first-order valence-corrected chi connectivity index (χ1v) is 5.97. The quantitative estimate of drug-likeness (QED) is 0.712. The summed E-state index contributed by atoms with van der Waals surface area (Å²) in [6, 6.07) is 9.87. The molecule has 0 atom stereocenters. The Balaban J connectivity index is 2.30. The minimum atomic E-state index is 0.124. The summed E-state index contributed by atoms with van der Waals surface area (Å²) < 4.78 is 0. The highest BCUT2D eigenvalue weighted by atomic mass is 32.1. The van der Waals surface area contributed by atoms with Crippen molar-refractivity contribution in [2.45, 2.75) is 0 Å². The van der Waals surface area contributed by atoms with Crippen LogP contribution in [0.4, 0.5) is 11.4 Å². The molecule has 2 rings (SSSR count). The molecule has 0 radical (unpaired) electrons. The predicted octanol–water partition coefficient (Wildman–Crippen LogP) is 2.40. The van der Waals surface area contributed by atoms with Crippen LogP contribution in [0.2, 0.25) is 0 Å². The van der Waals surface area contributed by atoms with E-state index in [9.17, 15) is 0 Å². The first kappa shape index (κ1) is 11.0. The lowest BCUT2D eigenvalue weighted by Gasteiger charge is -2.08. The van der Waals surface area contributed by atoms with Crippen molar-refractivity contribution in [2.24, 2.45) is 0 Å². The number of hydrogen-bond acceptors (Lipinski definition) is 4. The van der Waals surface area contributed by atoms with Gasteiger partial charge in [-0.15, -0.1) is 11.3 Å². The van der Waals surface area contributed by atoms with Crippen LogP contribution < -0.4 is 11.1 Å². The van der Waals surface area contributed by atoms with Gasteiger partial charge in [0, 0.05) is 28.4 Å². The molecule has 4 N–H and O–H groups in total. The number of aliphatic hydroxyl groups excluding tert-OH is 1. The molecular weight excluding hydrogens is 220 g/mol. The second-order valence-corrected chi connectivity index (χ2v) is 4.38. The molecule has 1 heterocycles. The van der Waals surface area contributed by atoms with E-state index in [4.69, 9.17) is 10.8 Å². The molecule has 1 aromatic heterocycles. The Hall–Kier alpha value is -1.52. The number of nitrogens with one attached hydrogen (secondary N) is 1. The number of aliphatic hydroxyl groups is 1. The van der Waals surface area contributed by atoms with Crippen molar-refractivity contribution in [1.29, 1.82) is 0 Å². The Kier molecular flexibility index (Phi) is 3.44. The minimum Gasteiger partial charge on any atom is -0.398 e. The normalized spacial score (nSPS) is 10.3. The van der Waals surface area contributed by atoms with Crippen LogP contribution in [0.3, 0.4) is 0 Å². The van der Waals surface area contributed by atoms with E-state index in [2.05, 4.69) is 5.32 Å². The van der Waals surface area contributed by atoms with Crippen LogP contribution in [0, 0.1) is 0 Å². The van der Waals surface area contributed by atoms with E-state index in [1.54, 1.807) is 11.3 Å². The molecule has 0 spiro atoms. The second-order valence-electron chi connectivity index (χ2n) is 3.43. The summed E-state index contributed by atoms with van der Waals surface area (Å²) in [6.45, 7) is 0.673. The Morgan fingerprint density at radius 2 is 2.19 bits per heavy atom. The zero-order chi connectivity index (χ0) is 11.4. The van der Waals surface area contributed by atoms with Crippen molar-refractivity contribution in [3.8, 4) is 10.4 Å². The molecule has 1 aromatic carbocycles. The number of thiophene rings is 1. The smallest absolute Gasteiger partial charge is 0.0604 e. The average molecular weight is 234 g/mol. The van der Waals surface area contributed by atoms with Gasteiger partial charge in [0.25, 0.3) is 0 Å². The number of hydrogen-bond donors (Lipinski definition) is 3. The van der Waals surface area contributed by atoms with Gasteiger partial charge in [0.05, 0.1) is 6.61 Å². The molecule has 0 aliphatic rings. The summed E-state index contributed by atoms with van der Waals surface area (Å²) in [5, 5.41) is 13.9. The van der Waals surface area contributed by atoms with Crippen molar-refractivity contribution < 1.29 is 5.11 Å². The van der Waals surface area contributed by atoms with Crippen LogP contribution >= 0.6 is 11.3 Å². The Morgan fingerprint density at radius 3 is 2.88 bits per heavy atom. The highest BCUT2D eigenvalue weighted by Crippen LogP contribution is 2.31. The maximum absolute atomic E-state index is 8.75. The van der Waals surface area contributed by atoms with Gasteiger partial charge in [-0.05, 0) is 29.6 Å². The van der Waals surface area contributed by atoms with Crippen LogP contribution in [-0.2, 0) is 0 Å². The highest BCUT2D eigenvalue weighted by molar-refractivity contribution is 7.13. The Bertz CT molecular complexity index is 454. The van der Waals surface area contributed by atoms with E-state index in [0.29, 0.717) is 6.54 Å². The molecule has 84 valence electrons. The fourth-order valence-corrected chi connectivity index (χ4v) is 2.28. The van der Waals surface area contributed by atoms with Gasteiger partial charge in [-0.3, -0.25) is 0 Å². The van der Waals surface area contributed by atoms with Gasteiger partial charge in [0.15, 0.2) is 0 Å². The lowest BCUT2D eigenvalue weighted by Crippen LogP contribution is -2.05. The molecule has 3 nitrogen and oxygen atoms in total. The summed E-state index contributed by atoms with van der Waals surface area (Å²) >= 11 is 1.67. The van der Waals surface area contributed by atoms with Gasteiger partial charge < -0.3 is 16.2 Å². The van der Waals surface area contributed by atoms with Gasteiger partial charge in [-0.2, -0.15) is 0 Å². The third-order valence-corrected chi connectivity index (χ3v) is 3.18. The molecule has 0 saturated heterocycles. The lowest BCUT2D eigenvalue weighted by molar-refractivity contribution is 0.311. The molecule has 0 saturated carbocycles. The van der Waals surface area contributed by atoms with Crippen LogP contribution in [0.15, 0.2) is 35.7 Å². The minimum absolute atomic E-state index is 0.124. The van der Waals surface area contributed by atoms with Crippen LogP contribution in [0.1, 0.15) is 0 Å².